The monoisotopic (exact) mass is 228 g/mol. The molecule has 1 aliphatic rings. The summed E-state index contributed by atoms with van der Waals surface area (Å²) in [5.74, 6) is -0.700. The van der Waals surface area contributed by atoms with Crippen LogP contribution in [0.15, 0.2) is 21.8 Å². The first-order chi connectivity index (χ1) is 5.54. The molecule has 0 aliphatic carbocycles. The van der Waals surface area contributed by atoms with E-state index in [0.717, 1.165) is 0 Å². The Morgan fingerprint density at radius 1 is 1.75 bits per heavy atom. The SMILES string of the molecule is CC1=C(C(N)=O)C(=N)[N]C=C1Br. The average Bonchev–Trinajstić information content (AvgIpc) is 1.97. The summed E-state index contributed by atoms with van der Waals surface area (Å²) in [6.07, 6.45) is 1.48. The highest BCUT2D eigenvalue weighted by molar-refractivity contribution is 9.12. The topological polar surface area (TPSA) is 81.0 Å². The third-order valence-electron chi connectivity index (χ3n) is 1.52. The van der Waals surface area contributed by atoms with Crippen molar-refractivity contribution in [2.45, 2.75) is 6.92 Å². The van der Waals surface area contributed by atoms with Crippen LogP contribution >= 0.6 is 15.9 Å². The first kappa shape index (κ1) is 8.99. The number of nitrogens with two attached hydrogens (primary N) is 1. The summed E-state index contributed by atoms with van der Waals surface area (Å²) in [5.41, 5.74) is 5.89. The predicted molar refractivity (Wildman–Crippen MR) is 48.8 cm³/mol. The first-order valence-corrected chi connectivity index (χ1v) is 4.00. The summed E-state index contributed by atoms with van der Waals surface area (Å²) in [6.45, 7) is 1.71. The minimum atomic E-state index is -0.619. The van der Waals surface area contributed by atoms with Gasteiger partial charge in [-0.25, -0.2) is 5.32 Å². The molecule has 63 valence electrons. The van der Waals surface area contributed by atoms with Crippen molar-refractivity contribution in [3.05, 3.63) is 21.8 Å². The zero-order valence-electron chi connectivity index (χ0n) is 6.39. The molecular weight excluding hydrogens is 222 g/mol. The summed E-state index contributed by atoms with van der Waals surface area (Å²) in [7, 11) is 0. The molecule has 1 aliphatic heterocycles. The lowest BCUT2D eigenvalue weighted by Gasteiger charge is -2.13. The van der Waals surface area contributed by atoms with Crippen LogP contribution in [0.1, 0.15) is 6.92 Å². The van der Waals surface area contributed by atoms with E-state index >= 15 is 0 Å². The van der Waals surface area contributed by atoms with Gasteiger partial charge >= 0.3 is 0 Å². The predicted octanol–water partition coefficient (Wildman–Crippen LogP) is 0.620. The third kappa shape index (κ3) is 1.40. The normalized spacial score (nSPS) is 17.2. The Kier molecular flexibility index (Phi) is 2.32. The van der Waals surface area contributed by atoms with Crippen LogP contribution in [0.4, 0.5) is 0 Å². The van der Waals surface area contributed by atoms with E-state index in [2.05, 4.69) is 21.2 Å². The second-order valence-electron chi connectivity index (χ2n) is 2.32. The molecule has 1 amide bonds. The zero-order valence-corrected chi connectivity index (χ0v) is 7.97. The van der Waals surface area contributed by atoms with Crippen LogP contribution in [0, 0.1) is 5.41 Å². The number of allylic oxidation sites excluding steroid dienone is 2. The van der Waals surface area contributed by atoms with Gasteiger partial charge in [0, 0.05) is 10.7 Å². The summed E-state index contributed by atoms with van der Waals surface area (Å²) < 4.78 is 0.687. The van der Waals surface area contributed by atoms with E-state index < -0.39 is 5.91 Å². The minimum Gasteiger partial charge on any atom is -0.365 e. The number of nitrogens with zero attached hydrogens (tertiary/aromatic N) is 1. The van der Waals surface area contributed by atoms with Gasteiger partial charge in [0.2, 0.25) is 0 Å². The van der Waals surface area contributed by atoms with Crippen LogP contribution in [0.3, 0.4) is 0 Å². The van der Waals surface area contributed by atoms with Gasteiger partial charge in [-0.2, -0.15) is 0 Å². The molecule has 0 unspecified atom stereocenters. The molecule has 12 heavy (non-hydrogen) atoms. The lowest BCUT2D eigenvalue weighted by atomic mass is 10.1. The zero-order chi connectivity index (χ0) is 9.30. The minimum absolute atomic E-state index is 0.0804. The number of amidine groups is 1. The van der Waals surface area contributed by atoms with Gasteiger partial charge < -0.3 is 5.73 Å². The summed E-state index contributed by atoms with van der Waals surface area (Å²) >= 11 is 3.19. The summed E-state index contributed by atoms with van der Waals surface area (Å²) in [4.78, 5) is 10.8. The lowest BCUT2D eigenvalue weighted by Crippen LogP contribution is -2.28. The van der Waals surface area contributed by atoms with Crippen molar-refractivity contribution in [1.29, 1.82) is 5.41 Å². The Bertz CT molecular complexity index is 317. The molecule has 0 bridgehead atoms. The highest BCUT2D eigenvalue weighted by Crippen LogP contribution is 2.23. The molecular formula is C7H7BrN3O. The molecule has 5 heteroatoms. The van der Waals surface area contributed by atoms with Gasteiger partial charge in [-0.1, -0.05) is 0 Å². The van der Waals surface area contributed by atoms with E-state index in [4.69, 9.17) is 11.1 Å². The smallest absolute Gasteiger partial charge is 0.252 e. The molecule has 1 radical (unpaired) electrons. The van der Waals surface area contributed by atoms with Gasteiger partial charge in [-0.15, -0.1) is 0 Å². The van der Waals surface area contributed by atoms with Gasteiger partial charge in [0.05, 0.1) is 5.57 Å². The van der Waals surface area contributed by atoms with Crippen molar-refractivity contribution in [1.82, 2.24) is 5.32 Å². The van der Waals surface area contributed by atoms with Crippen LogP contribution in [0.2, 0.25) is 0 Å². The van der Waals surface area contributed by atoms with E-state index in [9.17, 15) is 4.79 Å². The van der Waals surface area contributed by atoms with Crippen molar-refractivity contribution in [3.63, 3.8) is 0 Å². The quantitative estimate of drug-likeness (QED) is 0.678. The number of nitrogens with one attached hydrogen (secondary N) is 1. The van der Waals surface area contributed by atoms with Crippen molar-refractivity contribution in [2.24, 2.45) is 5.73 Å². The fraction of sp³-hybridized carbons (Fsp3) is 0.143. The lowest BCUT2D eigenvalue weighted by molar-refractivity contribution is -0.114. The molecule has 3 N–H and O–H groups in total. The van der Waals surface area contributed by atoms with E-state index in [0.29, 0.717) is 10.1 Å². The van der Waals surface area contributed by atoms with Gasteiger partial charge in [-0.05, 0) is 28.4 Å². The standard InChI is InChI=1S/C7H7BrN3O/c1-3-4(8)2-11-6(9)5(3)7(10)12/h2,9H,1H3,(H2,10,12). The molecule has 1 heterocycles. The number of carbonyl (C=O) groups excluding carboxylic acids is 1. The number of carbonyl (C=O) groups is 1. The van der Waals surface area contributed by atoms with Crippen molar-refractivity contribution in [3.8, 4) is 0 Å². The average molecular weight is 229 g/mol. The van der Waals surface area contributed by atoms with Gasteiger partial charge in [-0.3, -0.25) is 10.2 Å². The van der Waals surface area contributed by atoms with Crippen LogP contribution < -0.4 is 11.1 Å². The number of primary amides is 1. The Labute approximate surface area is 78.1 Å². The first-order valence-electron chi connectivity index (χ1n) is 3.20. The molecule has 0 aromatic carbocycles. The van der Waals surface area contributed by atoms with Crippen molar-refractivity contribution in [2.75, 3.05) is 0 Å². The Morgan fingerprint density at radius 2 is 2.33 bits per heavy atom. The molecule has 0 fully saturated rings. The molecule has 0 aromatic rings. The molecule has 0 spiro atoms. The van der Waals surface area contributed by atoms with Crippen LogP contribution in [-0.4, -0.2) is 11.7 Å². The maximum atomic E-state index is 10.8. The van der Waals surface area contributed by atoms with Crippen molar-refractivity contribution >= 4 is 27.7 Å². The molecule has 0 saturated heterocycles. The highest BCUT2D eigenvalue weighted by atomic mass is 79.9. The van der Waals surface area contributed by atoms with Gasteiger partial charge in [0.1, 0.15) is 0 Å². The second-order valence-corrected chi connectivity index (χ2v) is 3.17. The van der Waals surface area contributed by atoms with Crippen LogP contribution in [0.25, 0.3) is 0 Å². The van der Waals surface area contributed by atoms with E-state index in [1.807, 2.05) is 0 Å². The van der Waals surface area contributed by atoms with Crippen molar-refractivity contribution < 1.29 is 4.79 Å². The second kappa shape index (κ2) is 3.10. The molecule has 4 nitrogen and oxygen atoms in total. The van der Waals surface area contributed by atoms with E-state index in [-0.39, 0.29) is 11.4 Å². The number of halogens is 1. The summed E-state index contributed by atoms with van der Waals surface area (Å²) in [5, 5.41) is 11.0. The maximum absolute atomic E-state index is 10.8. The maximum Gasteiger partial charge on any atom is 0.252 e. The molecule has 0 atom stereocenters. The summed E-state index contributed by atoms with van der Waals surface area (Å²) in [6, 6.07) is 0. The molecule has 1 rings (SSSR count). The fourth-order valence-corrected chi connectivity index (χ4v) is 1.18. The van der Waals surface area contributed by atoms with E-state index in [1.54, 1.807) is 6.92 Å². The Hall–Kier alpha value is -1.10. The number of rotatable bonds is 1. The van der Waals surface area contributed by atoms with Crippen LogP contribution in [0.5, 0.6) is 0 Å². The van der Waals surface area contributed by atoms with Gasteiger partial charge in [0.15, 0.2) is 5.84 Å². The largest absolute Gasteiger partial charge is 0.365 e. The number of hydrogen-bond donors (Lipinski definition) is 2. The highest BCUT2D eigenvalue weighted by Gasteiger charge is 2.20. The number of hydrogen-bond acceptors (Lipinski definition) is 2. The molecule has 0 saturated carbocycles. The third-order valence-corrected chi connectivity index (χ3v) is 2.32. The Morgan fingerprint density at radius 3 is 2.75 bits per heavy atom. The number of amides is 1. The Balaban J connectivity index is 3.20. The fourth-order valence-electron chi connectivity index (χ4n) is 0.881. The van der Waals surface area contributed by atoms with E-state index in [1.165, 1.54) is 6.20 Å². The molecule has 0 aromatic heterocycles. The van der Waals surface area contributed by atoms with Crippen LogP contribution in [-0.2, 0) is 4.79 Å². The van der Waals surface area contributed by atoms with Gasteiger partial charge in [0.25, 0.3) is 5.91 Å².